The molecule has 0 spiro atoms. The Morgan fingerprint density at radius 2 is 1.85 bits per heavy atom. The van der Waals surface area contributed by atoms with Crippen molar-refractivity contribution < 1.29 is 9.53 Å². The predicted molar refractivity (Wildman–Crippen MR) is 142 cm³/mol. The number of hydrogen-bond donors (Lipinski definition) is 0. The molecule has 0 aromatic rings. The summed E-state index contributed by atoms with van der Waals surface area (Å²) in [5.41, 5.74) is 3.21. The summed E-state index contributed by atoms with van der Waals surface area (Å²) in [6.07, 6.45) is 18.9. The number of carbonyl (C=O) groups excluding carboxylic acids is 1. The molecule has 192 valence electrons. The summed E-state index contributed by atoms with van der Waals surface area (Å²) in [5.74, 6) is 5.11. The quantitative estimate of drug-likeness (QED) is 0.212. The fraction of sp³-hybridized carbons (Fsp3) is 0.844. The molecule has 2 nitrogen and oxygen atoms in total. The minimum Gasteiger partial charge on any atom is -0.459 e. The third-order valence-corrected chi connectivity index (χ3v) is 11.3. The van der Waals surface area contributed by atoms with Gasteiger partial charge < -0.3 is 4.74 Å². The maximum atomic E-state index is 12.3. The third-order valence-electron chi connectivity index (χ3n) is 11.3. The molecule has 3 saturated carbocycles. The van der Waals surface area contributed by atoms with Crippen LogP contribution in [0, 0.1) is 46.3 Å². The first kappa shape index (κ1) is 26.0. The van der Waals surface area contributed by atoms with Crippen LogP contribution in [0.5, 0.6) is 0 Å². The highest BCUT2D eigenvalue weighted by Gasteiger charge is 2.59. The van der Waals surface area contributed by atoms with Gasteiger partial charge in [-0.25, -0.2) is 4.79 Å². The van der Waals surface area contributed by atoms with E-state index in [1.807, 2.05) is 19.9 Å². The van der Waals surface area contributed by atoms with Crippen LogP contribution in [0.15, 0.2) is 23.3 Å². The number of ether oxygens (including phenoxy) is 1. The van der Waals surface area contributed by atoms with Gasteiger partial charge in [-0.3, -0.25) is 0 Å². The van der Waals surface area contributed by atoms with Gasteiger partial charge in [-0.05, 0) is 105 Å². The zero-order chi connectivity index (χ0) is 24.7. The summed E-state index contributed by atoms with van der Waals surface area (Å²) in [7, 11) is 0. The highest BCUT2D eigenvalue weighted by molar-refractivity contribution is 5.87. The van der Waals surface area contributed by atoms with Crippen LogP contribution < -0.4 is 0 Å². The summed E-state index contributed by atoms with van der Waals surface area (Å²) in [6.45, 7) is 16.3. The number of esters is 1. The van der Waals surface area contributed by atoms with Crippen LogP contribution in [0.3, 0.4) is 0 Å². The fourth-order valence-electron chi connectivity index (χ4n) is 9.11. The highest BCUT2D eigenvalue weighted by atomic mass is 16.5. The molecule has 0 bridgehead atoms. The van der Waals surface area contributed by atoms with Crippen molar-refractivity contribution in [1.29, 1.82) is 0 Å². The van der Waals surface area contributed by atoms with Crippen molar-refractivity contribution in [3.63, 3.8) is 0 Å². The second-order valence-electron chi connectivity index (χ2n) is 13.5. The molecule has 8 atom stereocenters. The minimum absolute atomic E-state index is 0.0645. The lowest BCUT2D eigenvalue weighted by Crippen LogP contribution is -2.51. The van der Waals surface area contributed by atoms with Crippen LogP contribution in [-0.4, -0.2) is 12.1 Å². The predicted octanol–water partition coefficient (Wildman–Crippen LogP) is 8.91. The summed E-state index contributed by atoms with van der Waals surface area (Å²) in [4.78, 5) is 12.3. The Morgan fingerprint density at radius 1 is 1.09 bits per heavy atom. The van der Waals surface area contributed by atoms with Crippen molar-refractivity contribution in [3.8, 4) is 0 Å². The fourth-order valence-corrected chi connectivity index (χ4v) is 9.11. The molecule has 4 aliphatic carbocycles. The van der Waals surface area contributed by atoms with Gasteiger partial charge in [-0.1, -0.05) is 71.6 Å². The van der Waals surface area contributed by atoms with Crippen molar-refractivity contribution in [2.75, 3.05) is 0 Å². The Balaban J connectivity index is 1.44. The molecule has 0 aliphatic heterocycles. The summed E-state index contributed by atoms with van der Waals surface area (Å²) in [6, 6.07) is 0. The number of hydrogen-bond acceptors (Lipinski definition) is 2. The van der Waals surface area contributed by atoms with E-state index in [2.05, 4.69) is 40.7 Å². The van der Waals surface area contributed by atoms with E-state index in [0.29, 0.717) is 10.8 Å². The molecule has 0 aromatic heterocycles. The Labute approximate surface area is 210 Å². The number of rotatable bonds is 7. The van der Waals surface area contributed by atoms with Gasteiger partial charge in [0.05, 0.1) is 0 Å². The lowest BCUT2D eigenvalue weighted by Gasteiger charge is -2.58. The molecule has 4 rings (SSSR count). The maximum Gasteiger partial charge on any atom is 0.333 e. The van der Waals surface area contributed by atoms with Gasteiger partial charge in [-0.2, -0.15) is 0 Å². The van der Waals surface area contributed by atoms with Crippen LogP contribution in [0.4, 0.5) is 0 Å². The van der Waals surface area contributed by atoms with E-state index < -0.39 is 0 Å². The first-order chi connectivity index (χ1) is 16.1. The van der Waals surface area contributed by atoms with E-state index in [-0.39, 0.29) is 12.1 Å². The average molecular weight is 469 g/mol. The van der Waals surface area contributed by atoms with E-state index in [4.69, 9.17) is 4.74 Å². The first-order valence-corrected chi connectivity index (χ1v) is 14.6. The van der Waals surface area contributed by atoms with Crippen LogP contribution in [0.1, 0.15) is 119 Å². The number of allylic oxidation sites excluding steroid dienone is 2. The van der Waals surface area contributed by atoms with Gasteiger partial charge in [0.15, 0.2) is 0 Å². The molecule has 0 unspecified atom stereocenters. The molecule has 34 heavy (non-hydrogen) atoms. The lowest BCUT2D eigenvalue weighted by molar-refractivity contribution is -0.146. The molecule has 0 amide bonds. The summed E-state index contributed by atoms with van der Waals surface area (Å²) in [5, 5.41) is 0. The zero-order valence-corrected chi connectivity index (χ0v) is 23.3. The first-order valence-electron chi connectivity index (χ1n) is 14.6. The number of fused-ring (bicyclic) bond motifs is 5. The third kappa shape index (κ3) is 4.69. The van der Waals surface area contributed by atoms with Gasteiger partial charge in [0.25, 0.3) is 0 Å². The topological polar surface area (TPSA) is 26.3 Å². The van der Waals surface area contributed by atoms with Crippen LogP contribution in [-0.2, 0) is 9.53 Å². The van der Waals surface area contributed by atoms with Gasteiger partial charge in [-0.15, -0.1) is 0 Å². The van der Waals surface area contributed by atoms with E-state index in [9.17, 15) is 4.79 Å². The molecule has 3 fully saturated rings. The van der Waals surface area contributed by atoms with Crippen LogP contribution >= 0.6 is 0 Å². The van der Waals surface area contributed by atoms with Crippen LogP contribution in [0.25, 0.3) is 0 Å². The molecular weight excluding hydrogens is 416 g/mol. The van der Waals surface area contributed by atoms with Crippen molar-refractivity contribution in [2.24, 2.45) is 46.3 Å². The largest absolute Gasteiger partial charge is 0.459 e. The normalized spacial score (nSPS) is 40.8. The Bertz CT molecular complexity index is 806. The standard InChI is InChI=1S/C32H52O2/c1-8-22(4)30(33)34-25-16-18-31(6)24(20-25)12-13-26-28-15-14-27(23(5)11-9-10-21(2)3)32(28,7)19-17-29(26)31/h8,12,21,23,25-29H,9-11,13-20H2,1-7H3/b22-8+/t23-,25+,26-,27+,28-,29-,31+,32+/m1/s1. The van der Waals surface area contributed by atoms with Crippen molar-refractivity contribution in [1.82, 2.24) is 0 Å². The zero-order valence-electron chi connectivity index (χ0n) is 23.3. The van der Waals surface area contributed by atoms with Gasteiger partial charge in [0.2, 0.25) is 0 Å². The van der Waals surface area contributed by atoms with E-state index >= 15 is 0 Å². The Hall–Kier alpha value is -1.05. The molecule has 0 saturated heterocycles. The monoisotopic (exact) mass is 468 g/mol. The summed E-state index contributed by atoms with van der Waals surface area (Å²) >= 11 is 0. The minimum atomic E-state index is -0.127. The molecule has 0 aromatic carbocycles. The van der Waals surface area contributed by atoms with E-state index in [1.54, 1.807) is 5.57 Å². The Morgan fingerprint density at radius 3 is 2.56 bits per heavy atom. The van der Waals surface area contributed by atoms with Gasteiger partial charge >= 0.3 is 5.97 Å². The SMILES string of the molecule is C/C=C(\C)C(=O)O[C@H]1CC[C@@]2(C)C(=CC[C@@H]3[C@H]4CC[C@@H]([C@H](C)CCCC(C)C)[C@]4(C)CC[C@H]32)C1. The molecule has 2 heteroatoms. The second-order valence-corrected chi connectivity index (χ2v) is 13.5. The molecule has 0 radical (unpaired) electrons. The smallest absolute Gasteiger partial charge is 0.333 e. The van der Waals surface area contributed by atoms with Gasteiger partial charge in [0, 0.05) is 12.0 Å². The molecule has 0 N–H and O–H groups in total. The highest BCUT2D eigenvalue weighted by Crippen LogP contribution is 2.67. The molecular formula is C32H52O2. The second kappa shape index (κ2) is 10.1. The van der Waals surface area contributed by atoms with Crippen molar-refractivity contribution in [3.05, 3.63) is 23.3 Å². The average Bonchev–Trinajstić information content (AvgIpc) is 3.15. The summed E-state index contributed by atoms with van der Waals surface area (Å²) < 4.78 is 5.90. The van der Waals surface area contributed by atoms with Gasteiger partial charge in [0.1, 0.15) is 6.10 Å². The van der Waals surface area contributed by atoms with E-state index in [0.717, 1.165) is 53.9 Å². The van der Waals surface area contributed by atoms with E-state index in [1.165, 1.54) is 57.8 Å². The van der Waals surface area contributed by atoms with Crippen molar-refractivity contribution in [2.45, 2.75) is 125 Å². The lowest BCUT2D eigenvalue weighted by atomic mass is 9.47. The Kier molecular flexibility index (Phi) is 7.76. The maximum absolute atomic E-state index is 12.3. The van der Waals surface area contributed by atoms with Crippen molar-refractivity contribution >= 4 is 5.97 Å². The van der Waals surface area contributed by atoms with Crippen LogP contribution in [0.2, 0.25) is 0 Å². The molecule has 4 aliphatic rings. The number of carbonyl (C=O) groups is 1. The molecule has 0 heterocycles.